The van der Waals surface area contributed by atoms with Crippen molar-refractivity contribution < 1.29 is 9.59 Å². The van der Waals surface area contributed by atoms with E-state index in [0.717, 1.165) is 29.8 Å². The van der Waals surface area contributed by atoms with Crippen LogP contribution in [-0.2, 0) is 6.42 Å². The first-order chi connectivity index (χ1) is 14.5. The lowest BCUT2D eigenvalue weighted by Gasteiger charge is -2.29. The van der Waals surface area contributed by atoms with E-state index < -0.39 is 0 Å². The van der Waals surface area contributed by atoms with Gasteiger partial charge in [-0.2, -0.15) is 0 Å². The molecule has 4 rings (SSSR count). The second-order valence-corrected chi connectivity index (χ2v) is 7.85. The Hall–Kier alpha value is -3.47. The zero-order chi connectivity index (χ0) is 21.1. The summed E-state index contributed by atoms with van der Waals surface area (Å²) in [5.74, 6) is -0.00989. The molecule has 0 aliphatic carbocycles. The fourth-order valence-electron chi connectivity index (χ4n) is 3.73. The molecule has 0 saturated heterocycles. The van der Waals surface area contributed by atoms with Crippen LogP contribution in [0.5, 0.6) is 0 Å². The van der Waals surface area contributed by atoms with Crippen LogP contribution in [0.25, 0.3) is 0 Å². The summed E-state index contributed by atoms with van der Waals surface area (Å²) in [5, 5.41) is 2.89. The zero-order valence-electron chi connectivity index (χ0n) is 17.3. The molecule has 0 saturated carbocycles. The Kier molecular flexibility index (Phi) is 5.61. The molecule has 0 fully saturated rings. The fourth-order valence-corrected chi connectivity index (χ4v) is 3.73. The van der Waals surface area contributed by atoms with Crippen LogP contribution in [0, 0.1) is 0 Å². The van der Waals surface area contributed by atoms with E-state index in [1.807, 2.05) is 42.5 Å². The Morgan fingerprint density at radius 2 is 1.80 bits per heavy atom. The first-order valence-electron chi connectivity index (χ1n) is 10.3. The van der Waals surface area contributed by atoms with Gasteiger partial charge >= 0.3 is 0 Å². The lowest BCUT2D eigenvalue weighted by molar-refractivity contribution is 0.0980. The molecule has 0 spiro atoms. The lowest BCUT2D eigenvalue weighted by atomic mass is 10.0. The predicted octanol–water partition coefficient (Wildman–Crippen LogP) is 5.05. The number of carbonyl (C=O) groups is 2. The summed E-state index contributed by atoms with van der Waals surface area (Å²) in [6.07, 6.45) is 3.39. The highest BCUT2D eigenvalue weighted by Gasteiger charge is 2.24. The maximum absolute atomic E-state index is 13.1. The maximum atomic E-state index is 13.1. The quantitative estimate of drug-likeness (QED) is 0.668. The highest BCUT2D eigenvalue weighted by atomic mass is 16.2. The van der Waals surface area contributed by atoms with Crippen molar-refractivity contribution in [3.8, 4) is 0 Å². The van der Waals surface area contributed by atoms with Gasteiger partial charge in [-0.3, -0.25) is 14.6 Å². The number of pyridine rings is 1. The first kappa shape index (κ1) is 19.8. The summed E-state index contributed by atoms with van der Waals surface area (Å²) >= 11 is 0. The molecule has 0 atom stereocenters. The van der Waals surface area contributed by atoms with Crippen molar-refractivity contribution in [1.29, 1.82) is 0 Å². The van der Waals surface area contributed by atoms with Gasteiger partial charge in [0.15, 0.2) is 0 Å². The number of aromatic nitrogens is 1. The molecule has 2 heterocycles. The number of hydrogen-bond donors (Lipinski definition) is 1. The normalized spacial score (nSPS) is 13.1. The smallest absolute Gasteiger partial charge is 0.276 e. The van der Waals surface area contributed by atoms with Gasteiger partial charge < -0.3 is 10.2 Å². The van der Waals surface area contributed by atoms with E-state index >= 15 is 0 Å². The van der Waals surface area contributed by atoms with E-state index in [9.17, 15) is 9.59 Å². The Labute approximate surface area is 176 Å². The van der Waals surface area contributed by atoms with Crippen LogP contribution in [0.2, 0.25) is 0 Å². The van der Waals surface area contributed by atoms with E-state index in [-0.39, 0.29) is 17.5 Å². The molecule has 1 N–H and O–H groups in total. The third-order valence-electron chi connectivity index (χ3n) is 5.43. The van der Waals surface area contributed by atoms with E-state index in [2.05, 4.69) is 30.2 Å². The topological polar surface area (TPSA) is 62.3 Å². The molecule has 1 aliphatic heterocycles. The number of aryl methyl sites for hydroxylation is 1. The summed E-state index contributed by atoms with van der Waals surface area (Å²) < 4.78 is 0. The van der Waals surface area contributed by atoms with Crippen LogP contribution >= 0.6 is 0 Å². The number of amides is 2. The average Bonchev–Trinajstić information content (AvgIpc) is 2.78. The van der Waals surface area contributed by atoms with Gasteiger partial charge in [0.1, 0.15) is 5.69 Å². The van der Waals surface area contributed by atoms with Crippen molar-refractivity contribution in [3.05, 3.63) is 89.2 Å². The minimum Gasteiger partial charge on any atom is -0.322 e. The standard InChI is InChI=1S/C25H25N3O2/c1-17(2)18-9-11-21(12-10-18)27-24(29)20-13-14-26-22(16-20)25(30)28-15-5-7-19-6-3-4-8-23(19)28/h3-4,6,8-14,16-17H,5,7,15H2,1-2H3,(H,27,29). The van der Waals surface area contributed by atoms with Crippen molar-refractivity contribution in [2.75, 3.05) is 16.8 Å². The van der Waals surface area contributed by atoms with Crippen LogP contribution in [-0.4, -0.2) is 23.3 Å². The van der Waals surface area contributed by atoms with Crippen LogP contribution < -0.4 is 10.2 Å². The van der Waals surface area contributed by atoms with Gasteiger partial charge in [-0.1, -0.05) is 44.2 Å². The van der Waals surface area contributed by atoms with E-state index in [0.29, 0.717) is 18.0 Å². The Balaban J connectivity index is 1.52. The van der Waals surface area contributed by atoms with Crippen molar-refractivity contribution in [2.24, 2.45) is 0 Å². The molecule has 0 bridgehead atoms. The SMILES string of the molecule is CC(C)c1ccc(NC(=O)c2ccnc(C(=O)N3CCCc4ccccc43)c2)cc1. The van der Waals surface area contributed by atoms with Gasteiger partial charge in [-0.05, 0) is 60.2 Å². The number of rotatable bonds is 4. The van der Waals surface area contributed by atoms with Gasteiger partial charge in [-0.25, -0.2) is 0 Å². The van der Waals surface area contributed by atoms with E-state index in [1.54, 1.807) is 17.0 Å². The van der Waals surface area contributed by atoms with E-state index in [4.69, 9.17) is 0 Å². The number of nitrogens with one attached hydrogen (secondary N) is 1. The van der Waals surface area contributed by atoms with Gasteiger partial charge in [0.2, 0.25) is 0 Å². The summed E-state index contributed by atoms with van der Waals surface area (Å²) in [5.41, 5.74) is 4.71. The molecule has 0 unspecified atom stereocenters. The highest BCUT2D eigenvalue weighted by Crippen LogP contribution is 2.28. The largest absolute Gasteiger partial charge is 0.322 e. The number of benzene rings is 2. The number of nitrogens with zero attached hydrogens (tertiary/aromatic N) is 2. The van der Waals surface area contributed by atoms with Gasteiger partial charge in [0.05, 0.1) is 0 Å². The number of para-hydroxylation sites is 1. The molecule has 3 aromatic rings. The molecule has 30 heavy (non-hydrogen) atoms. The Bertz CT molecular complexity index is 1070. The molecule has 1 aromatic heterocycles. The summed E-state index contributed by atoms with van der Waals surface area (Å²) in [4.78, 5) is 31.8. The highest BCUT2D eigenvalue weighted by molar-refractivity contribution is 6.09. The van der Waals surface area contributed by atoms with E-state index in [1.165, 1.54) is 11.8 Å². The minimum atomic E-state index is -0.261. The average molecular weight is 399 g/mol. The predicted molar refractivity (Wildman–Crippen MR) is 119 cm³/mol. The Morgan fingerprint density at radius 1 is 1.03 bits per heavy atom. The molecule has 152 valence electrons. The number of carbonyl (C=O) groups excluding carboxylic acids is 2. The summed E-state index contributed by atoms with van der Waals surface area (Å²) in [7, 11) is 0. The second-order valence-electron chi connectivity index (χ2n) is 7.85. The third-order valence-corrected chi connectivity index (χ3v) is 5.43. The zero-order valence-corrected chi connectivity index (χ0v) is 17.3. The Morgan fingerprint density at radius 3 is 2.57 bits per heavy atom. The van der Waals surface area contributed by atoms with Crippen LogP contribution in [0.3, 0.4) is 0 Å². The summed E-state index contributed by atoms with van der Waals surface area (Å²) in [6.45, 7) is 4.91. The number of anilines is 2. The summed E-state index contributed by atoms with van der Waals surface area (Å²) in [6, 6.07) is 18.9. The monoisotopic (exact) mass is 399 g/mol. The van der Waals surface area contributed by atoms with Gasteiger partial charge in [0.25, 0.3) is 11.8 Å². The van der Waals surface area contributed by atoms with Gasteiger partial charge in [0, 0.05) is 29.7 Å². The molecule has 2 amide bonds. The van der Waals surface area contributed by atoms with Crippen LogP contribution in [0.15, 0.2) is 66.9 Å². The minimum absolute atomic E-state index is 0.182. The van der Waals surface area contributed by atoms with Crippen molar-refractivity contribution in [2.45, 2.75) is 32.6 Å². The lowest BCUT2D eigenvalue weighted by Crippen LogP contribution is -2.36. The molecular weight excluding hydrogens is 374 g/mol. The first-order valence-corrected chi connectivity index (χ1v) is 10.3. The molecule has 2 aromatic carbocycles. The molecule has 1 aliphatic rings. The van der Waals surface area contributed by atoms with Crippen molar-refractivity contribution >= 4 is 23.2 Å². The molecule has 5 heteroatoms. The number of fused-ring (bicyclic) bond motifs is 1. The van der Waals surface area contributed by atoms with Gasteiger partial charge in [-0.15, -0.1) is 0 Å². The maximum Gasteiger partial charge on any atom is 0.276 e. The molecule has 5 nitrogen and oxygen atoms in total. The third kappa shape index (κ3) is 4.10. The van der Waals surface area contributed by atoms with Crippen LogP contribution in [0.1, 0.15) is 58.2 Å². The molecular formula is C25H25N3O2. The molecule has 0 radical (unpaired) electrons. The van der Waals surface area contributed by atoms with Crippen molar-refractivity contribution in [3.63, 3.8) is 0 Å². The van der Waals surface area contributed by atoms with Crippen LogP contribution in [0.4, 0.5) is 11.4 Å². The second kappa shape index (κ2) is 8.49. The fraction of sp³-hybridized carbons (Fsp3) is 0.240. The number of hydrogen-bond acceptors (Lipinski definition) is 3. The van der Waals surface area contributed by atoms with Crippen molar-refractivity contribution in [1.82, 2.24) is 4.98 Å².